The van der Waals surface area contributed by atoms with Gasteiger partial charge in [-0.2, -0.15) is 0 Å². The molecule has 1 N–H and O–H groups in total. The Hall–Kier alpha value is -0.930. The second-order valence-electron chi connectivity index (χ2n) is 6.07. The van der Waals surface area contributed by atoms with Gasteiger partial charge in [-0.05, 0) is 50.4 Å². The van der Waals surface area contributed by atoms with Crippen LogP contribution >= 0.6 is 0 Å². The fourth-order valence-corrected chi connectivity index (χ4v) is 3.77. The predicted molar refractivity (Wildman–Crippen MR) is 71.3 cm³/mol. The number of hydrogen-bond donors (Lipinski definition) is 1. The van der Waals surface area contributed by atoms with Gasteiger partial charge in [-0.3, -0.25) is 4.98 Å². The summed E-state index contributed by atoms with van der Waals surface area (Å²) in [5, 5.41) is 10.9. The zero-order valence-electron chi connectivity index (χ0n) is 11.0. The highest BCUT2D eigenvalue weighted by molar-refractivity contribution is 5.15. The molecule has 18 heavy (non-hydrogen) atoms. The van der Waals surface area contributed by atoms with E-state index in [1.165, 1.54) is 24.8 Å². The smallest absolute Gasteiger partial charge is 0.0717 e. The van der Waals surface area contributed by atoms with Crippen LogP contribution in [0.4, 0.5) is 0 Å². The van der Waals surface area contributed by atoms with Gasteiger partial charge in [-0.15, -0.1) is 0 Å². The average molecular weight is 246 g/mol. The minimum atomic E-state index is -0.510. The van der Waals surface area contributed by atoms with Crippen molar-refractivity contribution < 1.29 is 5.11 Å². The number of pyridine rings is 1. The molecule has 3 nitrogen and oxygen atoms in total. The van der Waals surface area contributed by atoms with Crippen LogP contribution in [0.2, 0.25) is 0 Å². The van der Waals surface area contributed by atoms with Crippen molar-refractivity contribution in [3.8, 4) is 0 Å². The van der Waals surface area contributed by atoms with Crippen LogP contribution < -0.4 is 0 Å². The first-order valence-corrected chi connectivity index (χ1v) is 6.99. The second kappa shape index (κ2) is 4.63. The van der Waals surface area contributed by atoms with Gasteiger partial charge in [0.15, 0.2) is 0 Å². The van der Waals surface area contributed by atoms with E-state index in [4.69, 9.17) is 0 Å². The quantitative estimate of drug-likeness (QED) is 0.867. The molecule has 1 aromatic heterocycles. The topological polar surface area (TPSA) is 36.4 Å². The van der Waals surface area contributed by atoms with Crippen LogP contribution in [0.1, 0.15) is 37.7 Å². The molecule has 0 amide bonds. The van der Waals surface area contributed by atoms with E-state index in [2.05, 4.69) is 16.9 Å². The number of rotatable bonds is 2. The molecule has 0 saturated carbocycles. The monoisotopic (exact) mass is 246 g/mol. The van der Waals surface area contributed by atoms with E-state index in [0.29, 0.717) is 12.1 Å². The van der Waals surface area contributed by atoms with Crippen molar-refractivity contribution in [2.45, 2.75) is 56.2 Å². The van der Waals surface area contributed by atoms with Gasteiger partial charge in [0, 0.05) is 30.9 Å². The first-order valence-electron chi connectivity index (χ1n) is 6.99. The molecule has 2 aliphatic heterocycles. The van der Waals surface area contributed by atoms with Crippen LogP contribution in [-0.4, -0.2) is 39.7 Å². The number of aromatic nitrogens is 1. The molecule has 2 bridgehead atoms. The van der Waals surface area contributed by atoms with Crippen LogP contribution in [0, 0.1) is 0 Å². The van der Waals surface area contributed by atoms with Gasteiger partial charge in [0.1, 0.15) is 0 Å². The van der Waals surface area contributed by atoms with E-state index >= 15 is 0 Å². The minimum absolute atomic E-state index is 0.510. The largest absolute Gasteiger partial charge is 0.389 e. The summed E-state index contributed by atoms with van der Waals surface area (Å²) in [6.07, 6.45) is 10.0. The molecule has 0 spiro atoms. The maximum atomic E-state index is 10.9. The molecule has 2 aliphatic rings. The fraction of sp³-hybridized carbons (Fsp3) is 0.667. The SMILES string of the molecule is CN1C2CCCC1CC(O)(Cc1ccncc1)C2. The van der Waals surface area contributed by atoms with Crippen molar-refractivity contribution in [1.29, 1.82) is 0 Å². The van der Waals surface area contributed by atoms with Gasteiger partial charge in [-0.1, -0.05) is 6.42 Å². The number of aliphatic hydroxyl groups is 1. The highest BCUT2D eigenvalue weighted by Crippen LogP contribution is 2.39. The molecular weight excluding hydrogens is 224 g/mol. The zero-order valence-corrected chi connectivity index (χ0v) is 11.0. The summed E-state index contributed by atoms with van der Waals surface area (Å²) in [5.41, 5.74) is 0.694. The van der Waals surface area contributed by atoms with Crippen LogP contribution in [0.15, 0.2) is 24.5 Å². The molecule has 2 fully saturated rings. The van der Waals surface area contributed by atoms with Crippen molar-refractivity contribution in [2.24, 2.45) is 0 Å². The number of hydrogen-bond acceptors (Lipinski definition) is 3. The highest BCUT2D eigenvalue weighted by Gasteiger charge is 2.43. The summed E-state index contributed by atoms with van der Waals surface area (Å²) >= 11 is 0. The van der Waals surface area contributed by atoms with Crippen LogP contribution in [0.25, 0.3) is 0 Å². The van der Waals surface area contributed by atoms with Crippen molar-refractivity contribution in [2.75, 3.05) is 7.05 Å². The molecular formula is C15H22N2O. The van der Waals surface area contributed by atoms with Crippen molar-refractivity contribution >= 4 is 0 Å². The number of fused-ring (bicyclic) bond motifs is 2. The normalized spacial score (nSPS) is 36.6. The van der Waals surface area contributed by atoms with Crippen LogP contribution in [0.5, 0.6) is 0 Å². The van der Waals surface area contributed by atoms with E-state index in [9.17, 15) is 5.11 Å². The molecule has 0 aliphatic carbocycles. The van der Waals surface area contributed by atoms with Gasteiger partial charge >= 0.3 is 0 Å². The Labute approximate surface area is 109 Å². The van der Waals surface area contributed by atoms with E-state index in [-0.39, 0.29) is 0 Å². The lowest BCUT2D eigenvalue weighted by Crippen LogP contribution is -2.57. The van der Waals surface area contributed by atoms with Crippen LogP contribution in [0.3, 0.4) is 0 Å². The Morgan fingerprint density at radius 1 is 1.28 bits per heavy atom. The molecule has 2 saturated heterocycles. The zero-order chi connectivity index (χ0) is 12.6. The Bertz CT molecular complexity index is 392. The molecule has 98 valence electrons. The van der Waals surface area contributed by atoms with E-state index in [1.807, 2.05) is 24.5 Å². The van der Waals surface area contributed by atoms with Crippen molar-refractivity contribution in [3.63, 3.8) is 0 Å². The second-order valence-corrected chi connectivity index (χ2v) is 6.07. The maximum absolute atomic E-state index is 10.9. The van der Waals surface area contributed by atoms with Crippen LogP contribution in [-0.2, 0) is 6.42 Å². The molecule has 1 aromatic rings. The standard InChI is InChI=1S/C15H22N2O/c1-17-13-3-2-4-14(17)11-15(18,10-13)9-12-5-7-16-8-6-12/h5-8,13-14,18H,2-4,9-11H2,1H3. The van der Waals surface area contributed by atoms with Gasteiger partial charge in [0.05, 0.1) is 5.60 Å². The molecule has 3 heteroatoms. The van der Waals surface area contributed by atoms with Crippen molar-refractivity contribution in [1.82, 2.24) is 9.88 Å². The lowest BCUT2D eigenvalue weighted by Gasteiger charge is -2.50. The number of piperidine rings is 2. The summed E-state index contributed by atoms with van der Waals surface area (Å²) in [6.45, 7) is 0. The Kier molecular flexibility index (Phi) is 3.12. The summed E-state index contributed by atoms with van der Waals surface area (Å²) < 4.78 is 0. The lowest BCUT2D eigenvalue weighted by molar-refractivity contribution is -0.0820. The Morgan fingerprint density at radius 3 is 2.50 bits per heavy atom. The first kappa shape index (κ1) is 12.1. The molecule has 3 rings (SSSR count). The fourth-order valence-electron chi connectivity index (χ4n) is 3.77. The third kappa shape index (κ3) is 2.29. The number of nitrogens with zero attached hydrogens (tertiary/aromatic N) is 2. The first-order chi connectivity index (χ1) is 8.66. The van der Waals surface area contributed by atoms with Gasteiger partial charge in [0.2, 0.25) is 0 Å². The van der Waals surface area contributed by atoms with E-state index in [0.717, 1.165) is 19.3 Å². The van der Waals surface area contributed by atoms with Gasteiger partial charge in [0.25, 0.3) is 0 Å². The molecule has 2 atom stereocenters. The maximum Gasteiger partial charge on any atom is 0.0717 e. The Balaban J connectivity index is 1.75. The molecule has 0 aromatic carbocycles. The average Bonchev–Trinajstić information content (AvgIpc) is 2.33. The molecule has 3 heterocycles. The van der Waals surface area contributed by atoms with Gasteiger partial charge < -0.3 is 10.0 Å². The summed E-state index contributed by atoms with van der Waals surface area (Å²) in [4.78, 5) is 6.53. The third-order valence-corrected chi connectivity index (χ3v) is 4.74. The lowest BCUT2D eigenvalue weighted by atomic mass is 9.73. The molecule has 0 radical (unpaired) electrons. The van der Waals surface area contributed by atoms with Gasteiger partial charge in [-0.25, -0.2) is 0 Å². The highest BCUT2D eigenvalue weighted by atomic mass is 16.3. The van der Waals surface area contributed by atoms with E-state index < -0.39 is 5.60 Å². The third-order valence-electron chi connectivity index (χ3n) is 4.74. The van der Waals surface area contributed by atoms with E-state index in [1.54, 1.807) is 0 Å². The molecule has 2 unspecified atom stereocenters. The Morgan fingerprint density at radius 2 is 1.89 bits per heavy atom. The summed E-state index contributed by atoms with van der Waals surface area (Å²) in [5.74, 6) is 0. The summed E-state index contributed by atoms with van der Waals surface area (Å²) in [6, 6.07) is 5.19. The minimum Gasteiger partial charge on any atom is -0.389 e. The summed E-state index contributed by atoms with van der Waals surface area (Å²) in [7, 11) is 2.22. The van der Waals surface area contributed by atoms with Crippen molar-refractivity contribution in [3.05, 3.63) is 30.1 Å². The predicted octanol–water partition coefficient (Wildman–Crippen LogP) is 2.00.